The van der Waals surface area contributed by atoms with Gasteiger partial charge in [0.15, 0.2) is 0 Å². The van der Waals surface area contributed by atoms with Gasteiger partial charge in [-0.1, -0.05) is 56.9 Å². The molecule has 0 amide bonds. The highest BCUT2D eigenvalue weighted by Crippen LogP contribution is 2.29. The van der Waals surface area contributed by atoms with Crippen molar-refractivity contribution in [1.82, 2.24) is 0 Å². The van der Waals surface area contributed by atoms with E-state index >= 15 is 0 Å². The Bertz CT molecular complexity index is 596. The molecule has 0 atom stereocenters. The standard InChI is InChI=1S/C24H36N2O/c1-6-7-8-9-10-19-27-24(20-11-15-22(16-12-20)25(2)3)21-13-17-23(18-14-21)26(4)5/h11-18,24H,6-10,19H2,1-5H3. The first-order valence-corrected chi connectivity index (χ1v) is 10.2. The molecule has 0 radical (unpaired) electrons. The van der Waals surface area contributed by atoms with E-state index in [2.05, 4.69) is 93.4 Å². The molecular weight excluding hydrogens is 332 g/mol. The van der Waals surface area contributed by atoms with Crippen molar-refractivity contribution in [3.63, 3.8) is 0 Å². The Morgan fingerprint density at radius 3 is 1.52 bits per heavy atom. The minimum atomic E-state index is -0.0106. The van der Waals surface area contributed by atoms with Gasteiger partial charge in [-0.3, -0.25) is 0 Å². The summed E-state index contributed by atoms with van der Waals surface area (Å²) in [6, 6.07) is 17.4. The Hall–Kier alpha value is -2.00. The molecular formula is C24H36N2O. The molecule has 3 nitrogen and oxygen atoms in total. The molecule has 0 bridgehead atoms. The first-order valence-electron chi connectivity index (χ1n) is 10.2. The van der Waals surface area contributed by atoms with Gasteiger partial charge in [-0.2, -0.15) is 0 Å². The molecule has 2 aromatic rings. The minimum Gasteiger partial charge on any atom is -0.378 e. The van der Waals surface area contributed by atoms with Crippen LogP contribution in [-0.2, 0) is 4.74 Å². The van der Waals surface area contributed by atoms with E-state index in [9.17, 15) is 0 Å². The second-order valence-electron chi connectivity index (χ2n) is 7.64. The van der Waals surface area contributed by atoms with Crippen molar-refractivity contribution in [2.24, 2.45) is 0 Å². The van der Waals surface area contributed by atoms with Crippen molar-refractivity contribution in [3.8, 4) is 0 Å². The molecule has 0 aromatic heterocycles. The molecule has 0 heterocycles. The van der Waals surface area contributed by atoms with Crippen LogP contribution in [0.15, 0.2) is 48.5 Å². The monoisotopic (exact) mass is 368 g/mol. The van der Waals surface area contributed by atoms with Gasteiger partial charge in [0.1, 0.15) is 6.10 Å². The third-order valence-corrected chi connectivity index (χ3v) is 4.96. The lowest BCUT2D eigenvalue weighted by atomic mass is 10.0. The summed E-state index contributed by atoms with van der Waals surface area (Å²) in [6.45, 7) is 3.06. The van der Waals surface area contributed by atoms with E-state index in [-0.39, 0.29) is 6.10 Å². The fourth-order valence-corrected chi connectivity index (χ4v) is 3.19. The zero-order chi connectivity index (χ0) is 19.6. The van der Waals surface area contributed by atoms with Gasteiger partial charge >= 0.3 is 0 Å². The van der Waals surface area contributed by atoms with Crippen LogP contribution in [-0.4, -0.2) is 34.8 Å². The highest BCUT2D eigenvalue weighted by molar-refractivity contribution is 5.49. The number of ether oxygens (including phenoxy) is 1. The minimum absolute atomic E-state index is 0.0106. The fraction of sp³-hybridized carbons (Fsp3) is 0.500. The second kappa shape index (κ2) is 11.0. The van der Waals surface area contributed by atoms with Crippen LogP contribution in [0.25, 0.3) is 0 Å². The van der Waals surface area contributed by atoms with Crippen LogP contribution < -0.4 is 9.80 Å². The summed E-state index contributed by atoms with van der Waals surface area (Å²) >= 11 is 0. The van der Waals surface area contributed by atoms with E-state index in [1.807, 2.05) is 0 Å². The predicted octanol–water partition coefficient (Wildman–Crippen LogP) is 5.90. The van der Waals surface area contributed by atoms with E-state index in [1.165, 1.54) is 48.2 Å². The van der Waals surface area contributed by atoms with Gasteiger partial charge in [-0.05, 0) is 41.8 Å². The number of benzene rings is 2. The Kier molecular flexibility index (Phi) is 8.66. The smallest absolute Gasteiger partial charge is 0.108 e. The lowest BCUT2D eigenvalue weighted by Gasteiger charge is -2.21. The summed E-state index contributed by atoms with van der Waals surface area (Å²) in [4.78, 5) is 4.25. The largest absolute Gasteiger partial charge is 0.378 e. The summed E-state index contributed by atoms with van der Waals surface area (Å²) in [5.41, 5.74) is 4.85. The van der Waals surface area contributed by atoms with E-state index in [0.29, 0.717) is 0 Å². The van der Waals surface area contributed by atoms with Crippen LogP contribution in [0.4, 0.5) is 11.4 Å². The quantitative estimate of drug-likeness (QED) is 0.460. The molecule has 2 rings (SSSR count). The Balaban J connectivity index is 2.12. The van der Waals surface area contributed by atoms with E-state index in [0.717, 1.165) is 13.0 Å². The van der Waals surface area contributed by atoms with Crippen LogP contribution >= 0.6 is 0 Å². The van der Waals surface area contributed by atoms with E-state index < -0.39 is 0 Å². The third kappa shape index (κ3) is 6.59. The summed E-state index contributed by atoms with van der Waals surface area (Å²) in [6.07, 6.45) is 6.27. The fourth-order valence-electron chi connectivity index (χ4n) is 3.19. The highest BCUT2D eigenvalue weighted by atomic mass is 16.5. The molecule has 27 heavy (non-hydrogen) atoms. The zero-order valence-corrected chi connectivity index (χ0v) is 17.7. The molecule has 2 aromatic carbocycles. The number of anilines is 2. The lowest BCUT2D eigenvalue weighted by molar-refractivity contribution is 0.0768. The van der Waals surface area contributed by atoms with Gasteiger partial charge in [-0.15, -0.1) is 0 Å². The topological polar surface area (TPSA) is 15.7 Å². The van der Waals surface area contributed by atoms with Crippen molar-refractivity contribution >= 4 is 11.4 Å². The number of hydrogen-bond donors (Lipinski definition) is 0. The van der Waals surface area contributed by atoms with Crippen molar-refractivity contribution < 1.29 is 4.74 Å². The third-order valence-electron chi connectivity index (χ3n) is 4.96. The molecule has 0 fully saturated rings. The summed E-state index contributed by atoms with van der Waals surface area (Å²) in [5, 5.41) is 0. The Morgan fingerprint density at radius 1 is 0.667 bits per heavy atom. The molecule has 0 saturated heterocycles. The lowest BCUT2D eigenvalue weighted by Crippen LogP contribution is -2.11. The van der Waals surface area contributed by atoms with E-state index in [1.54, 1.807) is 0 Å². The molecule has 0 N–H and O–H groups in total. The van der Waals surface area contributed by atoms with Gasteiger partial charge in [-0.25, -0.2) is 0 Å². The molecule has 0 spiro atoms. The average Bonchev–Trinajstić information content (AvgIpc) is 2.68. The van der Waals surface area contributed by atoms with Gasteiger partial charge in [0.25, 0.3) is 0 Å². The summed E-state index contributed by atoms with van der Waals surface area (Å²) in [7, 11) is 8.27. The van der Waals surface area contributed by atoms with Crippen molar-refractivity contribution in [3.05, 3.63) is 59.7 Å². The zero-order valence-electron chi connectivity index (χ0n) is 17.7. The maximum atomic E-state index is 6.37. The van der Waals surface area contributed by atoms with Gasteiger partial charge < -0.3 is 14.5 Å². The van der Waals surface area contributed by atoms with Crippen LogP contribution in [0.2, 0.25) is 0 Å². The van der Waals surface area contributed by atoms with Crippen LogP contribution in [0.1, 0.15) is 56.3 Å². The van der Waals surface area contributed by atoms with Gasteiger partial charge in [0, 0.05) is 46.2 Å². The average molecular weight is 369 g/mol. The first-order chi connectivity index (χ1) is 13.0. The van der Waals surface area contributed by atoms with Crippen LogP contribution in [0.5, 0.6) is 0 Å². The van der Waals surface area contributed by atoms with Gasteiger partial charge in [0.05, 0.1) is 0 Å². The van der Waals surface area contributed by atoms with Crippen molar-refractivity contribution in [1.29, 1.82) is 0 Å². The Labute approximate surface area is 166 Å². The van der Waals surface area contributed by atoms with Crippen molar-refractivity contribution in [2.75, 3.05) is 44.6 Å². The maximum absolute atomic E-state index is 6.37. The summed E-state index contributed by atoms with van der Waals surface area (Å²) in [5.74, 6) is 0. The second-order valence-corrected chi connectivity index (χ2v) is 7.64. The molecule has 0 aliphatic carbocycles. The van der Waals surface area contributed by atoms with Crippen LogP contribution in [0, 0.1) is 0 Å². The molecule has 0 saturated carbocycles. The van der Waals surface area contributed by atoms with E-state index in [4.69, 9.17) is 4.74 Å². The van der Waals surface area contributed by atoms with Gasteiger partial charge in [0.2, 0.25) is 0 Å². The predicted molar refractivity (Wildman–Crippen MR) is 118 cm³/mol. The van der Waals surface area contributed by atoms with Crippen molar-refractivity contribution in [2.45, 2.75) is 45.1 Å². The first kappa shape index (κ1) is 21.3. The highest BCUT2D eigenvalue weighted by Gasteiger charge is 2.15. The Morgan fingerprint density at radius 2 is 1.11 bits per heavy atom. The number of unbranched alkanes of at least 4 members (excludes halogenated alkanes) is 4. The number of hydrogen-bond acceptors (Lipinski definition) is 3. The normalized spacial score (nSPS) is 11.0. The number of nitrogens with zero attached hydrogens (tertiary/aromatic N) is 2. The summed E-state index contributed by atoms with van der Waals surface area (Å²) < 4.78 is 6.37. The number of rotatable bonds is 11. The molecule has 0 aliphatic heterocycles. The SMILES string of the molecule is CCCCCCCOC(c1ccc(N(C)C)cc1)c1ccc(N(C)C)cc1. The maximum Gasteiger partial charge on any atom is 0.108 e. The van der Waals surface area contributed by atoms with Crippen LogP contribution in [0.3, 0.4) is 0 Å². The molecule has 0 unspecified atom stereocenters. The molecule has 148 valence electrons. The molecule has 0 aliphatic rings. The molecule has 3 heteroatoms.